The van der Waals surface area contributed by atoms with Crippen LogP contribution >= 0.6 is 0 Å². The van der Waals surface area contributed by atoms with E-state index in [4.69, 9.17) is 0 Å². The molecule has 1 nitrogen and oxygen atoms in total. The largest absolute Gasteiger partial charge is 0.289 e. The maximum absolute atomic E-state index is 12.8. The quantitative estimate of drug-likeness (QED) is 0.640. The zero-order chi connectivity index (χ0) is 15.5. The minimum atomic E-state index is 0.240. The molecule has 0 N–H and O–H groups in total. The molecule has 0 unspecified atom stereocenters. The summed E-state index contributed by atoms with van der Waals surface area (Å²) in [6.45, 7) is 4.26. The van der Waals surface area contributed by atoms with Gasteiger partial charge in [-0.15, -0.1) is 0 Å². The molecule has 3 aromatic rings. The van der Waals surface area contributed by atoms with Crippen LogP contribution in [-0.4, -0.2) is 0 Å². The lowest BCUT2D eigenvalue weighted by molar-refractivity contribution is 0.888. The minimum Gasteiger partial charge on any atom is -0.289 e. The number of fused-ring (bicyclic) bond motifs is 2. The van der Waals surface area contributed by atoms with Crippen molar-refractivity contribution in [3.63, 3.8) is 0 Å². The van der Waals surface area contributed by atoms with Gasteiger partial charge in [-0.2, -0.15) is 0 Å². The summed E-state index contributed by atoms with van der Waals surface area (Å²) in [6.07, 6.45) is 3.71. The highest BCUT2D eigenvalue weighted by atomic mass is 16.1. The second-order valence-corrected chi connectivity index (χ2v) is 6.00. The normalized spacial score (nSPS) is 11.2. The third kappa shape index (κ3) is 2.76. The summed E-state index contributed by atoms with van der Waals surface area (Å²) < 4.78 is 0. The van der Waals surface area contributed by atoms with Crippen LogP contribution < -0.4 is 5.43 Å². The van der Waals surface area contributed by atoms with Gasteiger partial charge < -0.3 is 0 Å². The van der Waals surface area contributed by atoms with Crippen LogP contribution in [0.3, 0.4) is 0 Å². The molecule has 1 heteroatoms. The van der Waals surface area contributed by atoms with Crippen molar-refractivity contribution < 1.29 is 0 Å². The van der Waals surface area contributed by atoms with E-state index < -0.39 is 0 Å². The van der Waals surface area contributed by atoms with Crippen LogP contribution in [0, 0.1) is 0 Å². The van der Waals surface area contributed by atoms with Gasteiger partial charge in [0.25, 0.3) is 0 Å². The molecule has 3 rings (SSSR count). The van der Waals surface area contributed by atoms with Crippen LogP contribution in [0.4, 0.5) is 0 Å². The van der Waals surface area contributed by atoms with Crippen molar-refractivity contribution in [3.8, 4) is 0 Å². The fraction of sp³-hybridized carbons (Fsp3) is 0.286. The first-order valence-corrected chi connectivity index (χ1v) is 8.21. The standard InChI is InChI=1S/C21H22O/c1-3-7-17-13-19-11-15-9-5-6-10-16(15)12-20(19)14-18(8-4-2)21(17)22/h5-6,9-14H,3-4,7-8H2,1-2H3. The molecule has 3 aromatic carbocycles. The lowest BCUT2D eigenvalue weighted by atomic mass is 10.0. The van der Waals surface area contributed by atoms with E-state index in [-0.39, 0.29) is 5.43 Å². The lowest BCUT2D eigenvalue weighted by Gasteiger charge is -2.00. The molecule has 0 saturated carbocycles. The van der Waals surface area contributed by atoms with E-state index in [9.17, 15) is 4.79 Å². The highest BCUT2D eigenvalue weighted by Gasteiger charge is 2.06. The lowest BCUT2D eigenvalue weighted by Crippen LogP contribution is -2.10. The third-order valence-corrected chi connectivity index (χ3v) is 4.23. The first-order valence-electron chi connectivity index (χ1n) is 8.21. The number of hydrogen-bond acceptors (Lipinski definition) is 1. The Balaban J connectivity index is 2.38. The van der Waals surface area contributed by atoms with Crippen molar-refractivity contribution in [1.29, 1.82) is 0 Å². The molecule has 0 radical (unpaired) electrons. The summed E-state index contributed by atoms with van der Waals surface area (Å²) >= 11 is 0. The topological polar surface area (TPSA) is 17.1 Å². The number of hydrogen-bond donors (Lipinski definition) is 0. The summed E-state index contributed by atoms with van der Waals surface area (Å²) in [6, 6.07) is 17.0. The molecule has 0 amide bonds. The van der Waals surface area contributed by atoms with E-state index >= 15 is 0 Å². The summed E-state index contributed by atoms with van der Waals surface area (Å²) in [5.41, 5.74) is 2.15. The fourth-order valence-corrected chi connectivity index (χ4v) is 3.15. The molecule has 0 saturated heterocycles. The van der Waals surface area contributed by atoms with Gasteiger partial charge in [0.05, 0.1) is 0 Å². The molecular weight excluding hydrogens is 268 g/mol. The molecule has 0 aliphatic carbocycles. The molecule has 112 valence electrons. The predicted molar refractivity (Wildman–Crippen MR) is 95.7 cm³/mol. The molecule has 0 bridgehead atoms. The molecule has 22 heavy (non-hydrogen) atoms. The van der Waals surface area contributed by atoms with Gasteiger partial charge in [0.1, 0.15) is 0 Å². The van der Waals surface area contributed by atoms with Gasteiger partial charge in [0, 0.05) is 11.1 Å². The summed E-state index contributed by atoms with van der Waals surface area (Å²) in [7, 11) is 0. The van der Waals surface area contributed by atoms with E-state index in [2.05, 4.69) is 62.4 Å². The van der Waals surface area contributed by atoms with Gasteiger partial charge in [-0.3, -0.25) is 4.79 Å². The van der Waals surface area contributed by atoms with Crippen LogP contribution in [0.5, 0.6) is 0 Å². The Morgan fingerprint density at radius 2 is 1.14 bits per heavy atom. The van der Waals surface area contributed by atoms with E-state index in [1.54, 1.807) is 0 Å². The SMILES string of the molecule is CCCc1cc2cc3ccccc3cc2cc(CCC)c1=O. The summed E-state index contributed by atoms with van der Waals surface area (Å²) in [5.74, 6) is 0. The van der Waals surface area contributed by atoms with Crippen LogP contribution in [0.25, 0.3) is 21.5 Å². The Kier molecular flexibility index (Phi) is 4.24. The van der Waals surface area contributed by atoms with E-state index in [0.29, 0.717) is 0 Å². The van der Waals surface area contributed by atoms with Crippen LogP contribution in [-0.2, 0) is 12.8 Å². The minimum absolute atomic E-state index is 0.240. The Morgan fingerprint density at radius 1 is 0.682 bits per heavy atom. The van der Waals surface area contributed by atoms with Crippen LogP contribution in [0.1, 0.15) is 37.8 Å². The molecule has 0 atom stereocenters. The van der Waals surface area contributed by atoms with Crippen LogP contribution in [0.15, 0.2) is 53.3 Å². The second-order valence-electron chi connectivity index (χ2n) is 6.00. The highest BCUT2D eigenvalue weighted by molar-refractivity contribution is 5.98. The number of rotatable bonds is 4. The maximum atomic E-state index is 12.8. The van der Waals surface area contributed by atoms with E-state index in [1.165, 1.54) is 21.5 Å². The molecule has 0 fully saturated rings. The van der Waals surface area contributed by atoms with E-state index in [1.807, 2.05) is 0 Å². The second kappa shape index (κ2) is 6.31. The van der Waals surface area contributed by atoms with Crippen molar-refractivity contribution >= 4 is 21.5 Å². The van der Waals surface area contributed by atoms with Gasteiger partial charge in [-0.1, -0.05) is 51.0 Å². The average molecular weight is 290 g/mol. The van der Waals surface area contributed by atoms with Gasteiger partial charge in [0.15, 0.2) is 5.43 Å². The average Bonchev–Trinajstić information content (AvgIpc) is 2.64. The highest BCUT2D eigenvalue weighted by Crippen LogP contribution is 2.23. The number of aryl methyl sites for hydroxylation is 2. The van der Waals surface area contributed by atoms with Crippen molar-refractivity contribution in [3.05, 3.63) is 69.9 Å². The Hall–Kier alpha value is -2.15. The van der Waals surface area contributed by atoms with Crippen molar-refractivity contribution in [2.45, 2.75) is 39.5 Å². The monoisotopic (exact) mass is 290 g/mol. The smallest absolute Gasteiger partial charge is 0.185 e. The maximum Gasteiger partial charge on any atom is 0.185 e. The Bertz CT molecular complexity index is 807. The van der Waals surface area contributed by atoms with Crippen molar-refractivity contribution in [2.75, 3.05) is 0 Å². The zero-order valence-corrected chi connectivity index (χ0v) is 13.4. The van der Waals surface area contributed by atoms with Crippen molar-refractivity contribution in [2.24, 2.45) is 0 Å². The van der Waals surface area contributed by atoms with Gasteiger partial charge in [-0.25, -0.2) is 0 Å². The van der Waals surface area contributed by atoms with Gasteiger partial charge in [0.2, 0.25) is 0 Å². The third-order valence-electron chi connectivity index (χ3n) is 4.23. The fourth-order valence-electron chi connectivity index (χ4n) is 3.15. The van der Waals surface area contributed by atoms with Gasteiger partial charge in [-0.05, 0) is 58.7 Å². The Labute approximate surface area is 131 Å². The number of benzene rings is 2. The molecular formula is C21H22O. The molecule has 0 spiro atoms. The summed E-state index contributed by atoms with van der Waals surface area (Å²) in [4.78, 5) is 12.8. The molecule has 0 heterocycles. The summed E-state index contributed by atoms with van der Waals surface area (Å²) in [5, 5.41) is 4.80. The first kappa shape index (κ1) is 14.8. The van der Waals surface area contributed by atoms with Crippen LogP contribution in [0.2, 0.25) is 0 Å². The first-order chi connectivity index (χ1) is 10.7. The molecule has 0 aliphatic heterocycles. The molecule has 0 aliphatic rings. The zero-order valence-electron chi connectivity index (χ0n) is 13.4. The molecule has 0 aromatic heterocycles. The van der Waals surface area contributed by atoms with E-state index in [0.717, 1.165) is 36.8 Å². The van der Waals surface area contributed by atoms with Gasteiger partial charge >= 0.3 is 0 Å². The van der Waals surface area contributed by atoms with Crippen molar-refractivity contribution in [1.82, 2.24) is 0 Å². The predicted octanol–water partition coefficient (Wildman–Crippen LogP) is 5.26. The Morgan fingerprint density at radius 3 is 1.55 bits per heavy atom.